The van der Waals surface area contributed by atoms with E-state index in [-0.39, 0.29) is 29.4 Å². The first kappa shape index (κ1) is 22.9. The van der Waals surface area contributed by atoms with Gasteiger partial charge in [0.15, 0.2) is 0 Å². The van der Waals surface area contributed by atoms with Gasteiger partial charge in [0.25, 0.3) is 5.89 Å². The molecular weight excluding hydrogens is 437 g/mol. The van der Waals surface area contributed by atoms with E-state index in [1.54, 1.807) is 18.2 Å². The fourth-order valence-corrected chi connectivity index (χ4v) is 3.83. The maximum Gasteiger partial charge on any atom is 0.405 e. The Hall–Kier alpha value is -3.24. The topological polar surface area (TPSA) is 105 Å². The number of hydrogen-bond donors (Lipinski definition) is 2. The Balaban J connectivity index is 1.68. The highest BCUT2D eigenvalue weighted by atomic mass is 19.4. The van der Waals surface area contributed by atoms with Crippen LogP contribution in [0.2, 0.25) is 0 Å². The summed E-state index contributed by atoms with van der Waals surface area (Å²) >= 11 is 0. The zero-order valence-corrected chi connectivity index (χ0v) is 18.7. The molecular formula is C22H25F3N6O2. The van der Waals surface area contributed by atoms with Crippen molar-refractivity contribution in [3.8, 4) is 11.6 Å². The lowest BCUT2D eigenvalue weighted by atomic mass is 9.84. The smallest absolute Gasteiger partial charge is 0.402 e. The lowest BCUT2D eigenvalue weighted by Crippen LogP contribution is -2.37. The molecule has 0 atom stereocenters. The number of alkyl halides is 3. The molecule has 1 saturated carbocycles. The van der Waals surface area contributed by atoms with Crippen LogP contribution in [-0.4, -0.2) is 40.0 Å². The third kappa shape index (κ3) is 5.07. The molecule has 11 heteroatoms. The van der Waals surface area contributed by atoms with Gasteiger partial charge in [-0.05, 0) is 54.5 Å². The number of anilines is 2. The standard InChI is InChI=1S/C22H25F3N6O2/c1-11-5-17(19-29-30-20(33-19)27-13-6-14(7-13)31-32)28-18-15(11)8-12(26-10-22(23,24)25)9-16(18)21(2,3)4/h5,8-9,13-14,26H,6-7,10H2,1-4H3,(H,27,30). The molecule has 3 aromatic rings. The van der Waals surface area contributed by atoms with E-state index in [4.69, 9.17) is 9.40 Å². The summed E-state index contributed by atoms with van der Waals surface area (Å²) in [5, 5.41) is 17.4. The van der Waals surface area contributed by atoms with Crippen LogP contribution in [-0.2, 0) is 5.41 Å². The molecule has 2 N–H and O–H groups in total. The van der Waals surface area contributed by atoms with Crippen LogP contribution in [0.4, 0.5) is 24.9 Å². The number of hydrogen-bond acceptors (Lipinski definition) is 8. The summed E-state index contributed by atoms with van der Waals surface area (Å²) in [5.74, 6) is 0.228. The number of benzene rings is 1. The molecule has 8 nitrogen and oxygen atoms in total. The van der Waals surface area contributed by atoms with Gasteiger partial charge in [0.1, 0.15) is 12.2 Å². The lowest BCUT2D eigenvalue weighted by Gasteiger charge is -2.29. The molecule has 0 bridgehead atoms. The third-order valence-corrected chi connectivity index (χ3v) is 5.66. The van der Waals surface area contributed by atoms with Crippen molar-refractivity contribution in [1.29, 1.82) is 0 Å². The molecule has 1 aromatic carbocycles. The van der Waals surface area contributed by atoms with Crippen LogP contribution in [0, 0.1) is 11.8 Å². The van der Waals surface area contributed by atoms with E-state index >= 15 is 0 Å². The van der Waals surface area contributed by atoms with E-state index in [1.165, 1.54) is 0 Å². The van der Waals surface area contributed by atoms with Crippen molar-refractivity contribution >= 4 is 22.6 Å². The molecule has 0 radical (unpaired) electrons. The number of nitrogens with zero attached hydrogens (tertiary/aromatic N) is 4. The summed E-state index contributed by atoms with van der Waals surface area (Å²) in [5.41, 5.74) is 2.78. The van der Waals surface area contributed by atoms with E-state index < -0.39 is 12.7 Å². The number of pyridine rings is 1. The normalized spacial score (nSPS) is 18.8. The summed E-state index contributed by atoms with van der Waals surface area (Å²) in [6.45, 7) is 6.69. The van der Waals surface area contributed by atoms with Gasteiger partial charge in [-0.1, -0.05) is 31.0 Å². The molecule has 0 spiro atoms. The van der Waals surface area contributed by atoms with Gasteiger partial charge < -0.3 is 15.1 Å². The molecule has 1 fully saturated rings. The van der Waals surface area contributed by atoms with Crippen molar-refractivity contribution < 1.29 is 17.6 Å². The second-order valence-corrected chi connectivity index (χ2v) is 9.45. The molecule has 2 heterocycles. The van der Waals surface area contributed by atoms with Crippen LogP contribution < -0.4 is 10.6 Å². The fraction of sp³-hybridized carbons (Fsp3) is 0.500. The molecule has 4 rings (SSSR count). The van der Waals surface area contributed by atoms with Crippen LogP contribution >= 0.6 is 0 Å². The predicted molar refractivity (Wildman–Crippen MR) is 119 cm³/mol. The zero-order chi connectivity index (χ0) is 24.0. The van der Waals surface area contributed by atoms with Gasteiger partial charge >= 0.3 is 12.2 Å². The van der Waals surface area contributed by atoms with Crippen molar-refractivity contribution in [3.05, 3.63) is 34.2 Å². The fourth-order valence-electron chi connectivity index (χ4n) is 3.83. The maximum absolute atomic E-state index is 12.7. The van der Waals surface area contributed by atoms with Crippen molar-refractivity contribution in [1.82, 2.24) is 15.2 Å². The Kier molecular flexibility index (Phi) is 5.75. The molecule has 1 aliphatic rings. The first-order valence-corrected chi connectivity index (χ1v) is 10.6. The predicted octanol–water partition coefficient (Wildman–Crippen LogP) is 5.57. The SMILES string of the molecule is Cc1cc(-c2nnc(NC3CC(N=O)C3)o2)nc2c(C(C)(C)C)cc(NCC(F)(F)F)cc12. The summed E-state index contributed by atoms with van der Waals surface area (Å²) < 4.78 is 43.9. The zero-order valence-electron chi connectivity index (χ0n) is 18.7. The van der Waals surface area contributed by atoms with E-state index in [0.29, 0.717) is 29.7 Å². The number of aromatic nitrogens is 3. The number of fused-ring (bicyclic) bond motifs is 1. The highest BCUT2D eigenvalue weighted by molar-refractivity contribution is 5.90. The number of aryl methyl sites for hydroxylation is 1. The van der Waals surface area contributed by atoms with Crippen molar-refractivity contribution in [2.75, 3.05) is 17.2 Å². The maximum atomic E-state index is 12.7. The van der Waals surface area contributed by atoms with Crippen molar-refractivity contribution in [2.24, 2.45) is 5.18 Å². The van der Waals surface area contributed by atoms with E-state index in [0.717, 1.165) is 16.5 Å². The van der Waals surface area contributed by atoms with Crippen LogP contribution in [0.3, 0.4) is 0 Å². The van der Waals surface area contributed by atoms with Gasteiger partial charge in [0, 0.05) is 17.1 Å². The Bertz CT molecular complexity index is 1180. The average molecular weight is 462 g/mol. The number of rotatable bonds is 6. The largest absolute Gasteiger partial charge is 0.405 e. The van der Waals surface area contributed by atoms with Crippen LogP contribution in [0.5, 0.6) is 0 Å². The minimum atomic E-state index is -4.32. The molecule has 1 aliphatic carbocycles. The summed E-state index contributed by atoms with van der Waals surface area (Å²) in [7, 11) is 0. The Labute approximate surface area is 188 Å². The van der Waals surface area contributed by atoms with E-state index in [2.05, 4.69) is 26.0 Å². The van der Waals surface area contributed by atoms with Gasteiger partial charge in [0.2, 0.25) is 0 Å². The first-order valence-electron chi connectivity index (χ1n) is 10.6. The van der Waals surface area contributed by atoms with E-state index in [9.17, 15) is 18.1 Å². The molecule has 0 aliphatic heterocycles. The average Bonchev–Trinajstić information content (AvgIpc) is 3.16. The van der Waals surface area contributed by atoms with Crippen molar-refractivity contribution in [2.45, 2.75) is 64.2 Å². The molecule has 2 aromatic heterocycles. The van der Waals surface area contributed by atoms with Crippen molar-refractivity contribution in [3.63, 3.8) is 0 Å². The molecule has 0 unspecified atom stereocenters. The van der Waals surface area contributed by atoms with Gasteiger partial charge in [-0.2, -0.15) is 18.1 Å². The number of nitrogens with one attached hydrogen (secondary N) is 2. The van der Waals surface area contributed by atoms with Gasteiger partial charge in [-0.3, -0.25) is 0 Å². The van der Waals surface area contributed by atoms with Gasteiger partial charge in [-0.15, -0.1) is 5.10 Å². The van der Waals surface area contributed by atoms with Crippen LogP contribution in [0.1, 0.15) is 44.7 Å². The number of halogens is 3. The van der Waals surface area contributed by atoms with Gasteiger partial charge in [-0.25, -0.2) is 4.98 Å². The third-order valence-electron chi connectivity index (χ3n) is 5.66. The second-order valence-electron chi connectivity index (χ2n) is 9.45. The summed E-state index contributed by atoms with van der Waals surface area (Å²) in [4.78, 5) is 15.3. The monoisotopic (exact) mass is 462 g/mol. The lowest BCUT2D eigenvalue weighted by molar-refractivity contribution is -0.115. The highest BCUT2D eigenvalue weighted by Gasteiger charge is 2.31. The summed E-state index contributed by atoms with van der Waals surface area (Å²) in [6, 6.07) is 5.27. The Morgan fingerprint density at radius 2 is 1.88 bits per heavy atom. The quantitative estimate of drug-likeness (QED) is 0.461. The minimum Gasteiger partial charge on any atom is -0.402 e. The Morgan fingerprint density at radius 3 is 2.52 bits per heavy atom. The first-order chi connectivity index (χ1) is 15.4. The summed E-state index contributed by atoms with van der Waals surface area (Å²) in [6.07, 6.45) is -3.08. The minimum absolute atomic E-state index is 0.0578. The van der Waals surface area contributed by atoms with Gasteiger partial charge in [0.05, 0.1) is 11.6 Å². The molecule has 176 valence electrons. The van der Waals surface area contributed by atoms with Crippen LogP contribution in [0.25, 0.3) is 22.5 Å². The number of nitroso groups, excluding NO2 is 1. The second kappa shape index (κ2) is 8.27. The molecule has 0 amide bonds. The van der Waals surface area contributed by atoms with E-state index in [1.807, 2.05) is 27.7 Å². The van der Waals surface area contributed by atoms with Crippen LogP contribution in [0.15, 0.2) is 27.8 Å². The Morgan fingerprint density at radius 1 is 1.15 bits per heavy atom. The molecule has 33 heavy (non-hydrogen) atoms. The highest BCUT2D eigenvalue weighted by Crippen LogP contribution is 2.36. The molecule has 0 saturated heterocycles.